The average Bonchev–Trinajstić information content (AvgIpc) is 2.32. The maximum Gasteiger partial charge on any atom is 0.232 e. The molecule has 0 spiro atoms. The molecule has 1 unspecified atom stereocenters. The second-order valence-corrected chi connectivity index (χ2v) is 7.04. The third-order valence-corrected chi connectivity index (χ3v) is 4.22. The summed E-state index contributed by atoms with van der Waals surface area (Å²) in [6.07, 6.45) is 3.87. The highest BCUT2D eigenvalue weighted by molar-refractivity contribution is 7.85. The molecule has 0 fully saturated rings. The van der Waals surface area contributed by atoms with Gasteiger partial charge in [0.15, 0.2) is 0 Å². The minimum absolute atomic E-state index is 0.0996. The summed E-state index contributed by atoms with van der Waals surface area (Å²) in [6.45, 7) is 7.62. The van der Waals surface area contributed by atoms with Crippen LogP contribution in [0.15, 0.2) is 0 Å². The molecule has 0 heterocycles. The van der Waals surface area contributed by atoms with Gasteiger partial charge >= 0.3 is 0 Å². The van der Waals surface area contributed by atoms with E-state index in [1.807, 2.05) is 6.92 Å². The van der Waals surface area contributed by atoms with Crippen LogP contribution in [0.4, 0.5) is 0 Å². The van der Waals surface area contributed by atoms with Gasteiger partial charge in [0.05, 0.1) is 0 Å². The van der Waals surface area contributed by atoms with Crippen molar-refractivity contribution in [3.8, 4) is 0 Å². The summed E-state index contributed by atoms with van der Waals surface area (Å²) in [6, 6.07) is 0. The Morgan fingerprint density at radius 2 is 2.00 bits per heavy atom. The molecule has 1 amide bonds. The number of carbonyl (C=O) groups is 1. The molecule has 0 bridgehead atoms. The van der Waals surface area contributed by atoms with Gasteiger partial charge in [-0.3, -0.25) is 9.00 Å². The van der Waals surface area contributed by atoms with E-state index in [2.05, 4.69) is 19.2 Å². The van der Waals surface area contributed by atoms with Gasteiger partial charge in [0.25, 0.3) is 0 Å². The molecule has 0 rings (SSSR count). The summed E-state index contributed by atoms with van der Waals surface area (Å²) in [4.78, 5) is 11.3. The number of hydrogen-bond acceptors (Lipinski definition) is 3. The van der Waals surface area contributed by atoms with Crippen molar-refractivity contribution in [3.05, 3.63) is 0 Å². The monoisotopic (exact) mass is 276 g/mol. The molecule has 0 saturated carbocycles. The summed E-state index contributed by atoms with van der Waals surface area (Å²) < 4.78 is 11.6. The van der Waals surface area contributed by atoms with Crippen molar-refractivity contribution in [2.45, 2.75) is 46.5 Å². The van der Waals surface area contributed by atoms with E-state index >= 15 is 0 Å². The fourth-order valence-corrected chi connectivity index (χ4v) is 2.57. The lowest BCUT2D eigenvalue weighted by Crippen LogP contribution is -2.29. The van der Waals surface area contributed by atoms with Crippen molar-refractivity contribution in [2.75, 3.05) is 24.6 Å². The Kier molecular flexibility index (Phi) is 9.28. The fraction of sp³-hybridized carbons (Fsp3) is 0.923. The molecule has 0 aromatic rings. The largest absolute Gasteiger partial charge is 0.355 e. The van der Waals surface area contributed by atoms with Crippen LogP contribution in [0.5, 0.6) is 0 Å². The van der Waals surface area contributed by atoms with Crippen LogP contribution < -0.4 is 11.1 Å². The van der Waals surface area contributed by atoms with Crippen LogP contribution in [0, 0.1) is 5.41 Å². The third-order valence-electron chi connectivity index (χ3n) is 2.89. The number of carbonyl (C=O) groups excluding carboxylic acids is 1. The van der Waals surface area contributed by atoms with Gasteiger partial charge in [-0.05, 0) is 31.2 Å². The molecule has 1 atom stereocenters. The molecule has 0 aliphatic rings. The number of nitrogens with two attached hydrogens (primary N) is 1. The molecular weight excluding hydrogens is 248 g/mol. The Hall–Kier alpha value is -0.420. The zero-order chi connectivity index (χ0) is 14.0. The predicted octanol–water partition coefficient (Wildman–Crippen LogP) is 1.42. The lowest BCUT2D eigenvalue weighted by atomic mass is 9.88. The van der Waals surface area contributed by atoms with E-state index in [1.54, 1.807) is 0 Å². The van der Waals surface area contributed by atoms with Crippen molar-refractivity contribution in [1.82, 2.24) is 5.32 Å². The number of amides is 1. The van der Waals surface area contributed by atoms with Crippen LogP contribution in [-0.2, 0) is 15.6 Å². The van der Waals surface area contributed by atoms with Gasteiger partial charge in [-0.15, -0.1) is 0 Å². The number of nitrogens with one attached hydrogen (secondary N) is 1. The molecule has 0 aromatic carbocycles. The first-order valence-corrected chi connectivity index (χ1v) is 8.22. The minimum atomic E-state index is -1.03. The molecule has 4 nitrogen and oxygen atoms in total. The van der Waals surface area contributed by atoms with Gasteiger partial charge in [-0.2, -0.15) is 0 Å². The lowest BCUT2D eigenvalue weighted by molar-refractivity contribution is -0.118. The Morgan fingerprint density at radius 3 is 2.56 bits per heavy atom. The van der Waals surface area contributed by atoms with Gasteiger partial charge in [0.1, 0.15) is 5.75 Å². The van der Waals surface area contributed by atoms with E-state index in [0.29, 0.717) is 18.8 Å². The van der Waals surface area contributed by atoms with Crippen molar-refractivity contribution in [1.29, 1.82) is 0 Å². The van der Waals surface area contributed by atoms with Crippen LogP contribution in [0.2, 0.25) is 0 Å². The van der Waals surface area contributed by atoms with Crippen molar-refractivity contribution < 1.29 is 9.00 Å². The first-order valence-electron chi connectivity index (χ1n) is 6.73. The molecule has 5 heteroatoms. The van der Waals surface area contributed by atoms with E-state index < -0.39 is 10.8 Å². The maximum absolute atomic E-state index is 11.6. The predicted molar refractivity (Wildman–Crippen MR) is 77.9 cm³/mol. The third kappa shape index (κ3) is 9.59. The van der Waals surface area contributed by atoms with Crippen LogP contribution >= 0.6 is 0 Å². The molecule has 0 aliphatic heterocycles. The van der Waals surface area contributed by atoms with E-state index in [0.717, 1.165) is 25.7 Å². The first kappa shape index (κ1) is 17.6. The van der Waals surface area contributed by atoms with Gasteiger partial charge in [-0.25, -0.2) is 0 Å². The summed E-state index contributed by atoms with van der Waals surface area (Å²) in [7, 11) is -1.03. The summed E-state index contributed by atoms with van der Waals surface area (Å²) in [5, 5.41) is 2.74. The first-order chi connectivity index (χ1) is 8.41. The lowest BCUT2D eigenvalue weighted by Gasteiger charge is -2.21. The molecular formula is C13H28N2O2S. The highest BCUT2D eigenvalue weighted by atomic mass is 32.2. The maximum atomic E-state index is 11.6. The molecule has 3 N–H and O–H groups in total. The van der Waals surface area contributed by atoms with Crippen molar-refractivity contribution in [3.63, 3.8) is 0 Å². The Bertz CT molecular complexity index is 268. The summed E-state index contributed by atoms with van der Waals surface area (Å²) >= 11 is 0. The van der Waals surface area contributed by atoms with Crippen molar-refractivity contribution in [2.24, 2.45) is 11.1 Å². The van der Waals surface area contributed by atoms with E-state index in [-0.39, 0.29) is 17.1 Å². The van der Waals surface area contributed by atoms with E-state index in [1.165, 1.54) is 0 Å². The quantitative estimate of drug-likeness (QED) is 0.593. The second kappa shape index (κ2) is 9.50. The standard InChI is InChI=1S/C13H28N2O2S/c1-4-8-15-12(16)10-18(17)9-6-5-7-13(2,3)11-14/h4-11,14H2,1-3H3,(H,15,16). The average molecular weight is 276 g/mol. The minimum Gasteiger partial charge on any atom is -0.355 e. The van der Waals surface area contributed by atoms with Gasteiger partial charge in [0.2, 0.25) is 5.91 Å². The number of hydrogen-bond donors (Lipinski definition) is 2. The summed E-state index contributed by atoms with van der Waals surface area (Å²) in [5.41, 5.74) is 5.81. The van der Waals surface area contributed by atoms with Crippen LogP contribution in [0.25, 0.3) is 0 Å². The van der Waals surface area contributed by atoms with Crippen LogP contribution in [0.1, 0.15) is 46.5 Å². The second-order valence-electron chi connectivity index (χ2n) is 5.46. The molecule has 108 valence electrons. The van der Waals surface area contributed by atoms with Crippen LogP contribution in [-0.4, -0.2) is 34.7 Å². The van der Waals surface area contributed by atoms with Gasteiger partial charge < -0.3 is 11.1 Å². The normalized spacial score (nSPS) is 13.3. The Morgan fingerprint density at radius 1 is 1.33 bits per heavy atom. The summed E-state index contributed by atoms with van der Waals surface area (Å²) in [5.74, 6) is 0.651. The molecule has 0 aliphatic carbocycles. The number of rotatable bonds is 10. The van der Waals surface area contributed by atoms with E-state index in [4.69, 9.17) is 5.73 Å². The zero-order valence-electron chi connectivity index (χ0n) is 12.0. The Balaban J connectivity index is 3.62. The van der Waals surface area contributed by atoms with Crippen LogP contribution in [0.3, 0.4) is 0 Å². The van der Waals surface area contributed by atoms with Gasteiger partial charge in [0, 0.05) is 23.1 Å². The van der Waals surface area contributed by atoms with Crippen molar-refractivity contribution >= 4 is 16.7 Å². The Labute approximate surface area is 114 Å². The van der Waals surface area contributed by atoms with E-state index in [9.17, 15) is 9.00 Å². The number of unbranched alkanes of at least 4 members (excludes halogenated alkanes) is 1. The van der Waals surface area contributed by atoms with Gasteiger partial charge in [-0.1, -0.05) is 27.2 Å². The SMILES string of the molecule is CCCNC(=O)CS(=O)CCCCC(C)(C)CN. The molecule has 0 radical (unpaired) electrons. The zero-order valence-corrected chi connectivity index (χ0v) is 12.8. The molecule has 18 heavy (non-hydrogen) atoms. The highest BCUT2D eigenvalue weighted by Gasteiger charge is 2.15. The fourth-order valence-electron chi connectivity index (χ4n) is 1.50. The molecule has 0 aromatic heterocycles. The topological polar surface area (TPSA) is 72.2 Å². The highest BCUT2D eigenvalue weighted by Crippen LogP contribution is 2.21. The smallest absolute Gasteiger partial charge is 0.232 e. The molecule has 0 saturated heterocycles.